The molecule has 0 spiro atoms. The number of hydrogen-bond donors (Lipinski definition) is 3. The van der Waals surface area contributed by atoms with Crippen LogP contribution in [0, 0.1) is 0 Å². The number of nitrogens with zero attached hydrogens (tertiary/aromatic N) is 1. The molecule has 2 heterocycles. The predicted molar refractivity (Wildman–Crippen MR) is 92.6 cm³/mol. The minimum absolute atomic E-state index is 0.000783. The lowest BCUT2D eigenvalue weighted by Crippen LogP contribution is -2.62. The van der Waals surface area contributed by atoms with E-state index in [9.17, 15) is 4.79 Å². The van der Waals surface area contributed by atoms with Crippen molar-refractivity contribution in [3.63, 3.8) is 0 Å². The second kappa shape index (κ2) is 5.54. The van der Waals surface area contributed by atoms with E-state index in [1.165, 1.54) is 17.5 Å². The second-order valence-corrected chi connectivity index (χ2v) is 7.30. The van der Waals surface area contributed by atoms with Crippen LogP contribution in [0.1, 0.15) is 36.8 Å². The van der Waals surface area contributed by atoms with Crippen LogP contribution in [0.2, 0.25) is 0 Å². The first-order valence-electron chi connectivity index (χ1n) is 8.30. The van der Waals surface area contributed by atoms with Crippen LogP contribution in [-0.4, -0.2) is 34.5 Å². The van der Waals surface area contributed by atoms with Crippen molar-refractivity contribution in [3.05, 3.63) is 35.4 Å². The molecule has 1 saturated carbocycles. The highest BCUT2D eigenvalue weighted by molar-refractivity contribution is 7.80. The van der Waals surface area contributed by atoms with Crippen molar-refractivity contribution in [1.29, 1.82) is 0 Å². The lowest BCUT2D eigenvalue weighted by atomic mass is 9.73. The number of thiocarbonyl (C=S) groups is 1. The van der Waals surface area contributed by atoms with Gasteiger partial charge in [-0.1, -0.05) is 24.3 Å². The number of nitrogens with two attached hydrogens (primary N) is 1. The molecule has 0 aromatic heterocycles. The summed E-state index contributed by atoms with van der Waals surface area (Å²) in [6.07, 6.45) is 4.31. The van der Waals surface area contributed by atoms with E-state index in [1.54, 1.807) is 0 Å². The van der Waals surface area contributed by atoms with Gasteiger partial charge in [-0.3, -0.25) is 4.79 Å². The van der Waals surface area contributed by atoms with E-state index in [1.807, 2.05) is 0 Å². The first kappa shape index (κ1) is 15.1. The fraction of sp³-hybridized carbons (Fsp3) is 0.529. The van der Waals surface area contributed by atoms with Gasteiger partial charge in [-0.15, -0.1) is 0 Å². The molecular weight excluding hydrogens is 308 g/mol. The minimum Gasteiger partial charge on any atom is -0.339 e. The van der Waals surface area contributed by atoms with Crippen LogP contribution in [0.3, 0.4) is 0 Å². The number of rotatable bonds is 3. The van der Waals surface area contributed by atoms with Gasteiger partial charge in [0.05, 0.1) is 6.04 Å². The third-order valence-electron chi connectivity index (χ3n) is 5.49. The molecular formula is C17H22N4OS. The van der Waals surface area contributed by atoms with Gasteiger partial charge in [-0.2, -0.15) is 0 Å². The number of hydrogen-bond acceptors (Lipinski definition) is 4. The first-order chi connectivity index (χ1) is 11.1. The van der Waals surface area contributed by atoms with Crippen LogP contribution in [-0.2, 0) is 16.9 Å². The smallest absolute Gasteiger partial charge is 0.245 e. The van der Waals surface area contributed by atoms with Crippen LogP contribution >= 0.6 is 12.2 Å². The number of benzene rings is 1. The lowest BCUT2D eigenvalue weighted by Gasteiger charge is -2.39. The molecule has 2 atom stereocenters. The molecule has 0 bridgehead atoms. The van der Waals surface area contributed by atoms with Gasteiger partial charge < -0.3 is 21.3 Å². The molecule has 1 aromatic rings. The van der Waals surface area contributed by atoms with Gasteiger partial charge in [0.25, 0.3) is 0 Å². The van der Waals surface area contributed by atoms with Crippen molar-refractivity contribution < 1.29 is 4.79 Å². The number of carbonyl (C=O) groups excluding carboxylic acids is 1. The van der Waals surface area contributed by atoms with Crippen LogP contribution in [0.5, 0.6) is 0 Å². The first-order valence-corrected chi connectivity index (χ1v) is 8.71. The third-order valence-corrected chi connectivity index (χ3v) is 5.83. The molecule has 2 saturated heterocycles. The molecule has 4 N–H and O–H groups in total. The zero-order chi connectivity index (χ0) is 16.0. The fourth-order valence-corrected chi connectivity index (χ4v) is 4.17. The minimum atomic E-state index is -0.150. The van der Waals surface area contributed by atoms with E-state index < -0.39 is 0 Å². The second-order valence-electron chi connectivity index (χ2n) is 6.92. The maximum atomic E-state index is 12.0. The molecule has 1 amide bonds. The maximum absolute atomic E-state index is 12.0. The average molecular weight is 330 g/mol. The molecule has 3 fully saturated rings. The molecule has 0 radical (unpaired) electrons. The summed E-state index contributed by atoms with van der Waals surface area (Å²) in [5.74, 6) is -0.000783. The molecule has 4 rings (SSSR count). The van der Waals surface area contributed by atoms with E-state index in [-0.39, 0.29) is 23.5 Å². The molecule has 23 heavy (non-hydrogen) atoms. The Kier molecular flexibility index (Phi) is 3.63. The maximum Gasteiger partial charge on any atom is 0.245 e. The Labute approximate surface area is 141 Å². The monoisotopic (exact) mass is 330 g/mol. The topological polar surface area (TPSA) is 70.4 Å². The van der Waals surface area contributed by atoms with Gasteiger partial charge >= 0.3 is 0 Å². The highest BCUT2D eigenvalue weighted by atomic mass is 32.1. The Morgan fingerprint density at radius 2 is 2.04 bits per heavy atom. The summed E-state index contributed by atoms with van der Waals surface area (Å²) in [6, 6.07) is 8.57. The summed E-state index contributed by atoms with van der Waals surface area (Å²) in [7, 11) is 0. The van der Waals surface area contributed by atoms with Crippen LogP contribution in [0.4, 0.5) is 0 Å². The van der Waals surface area contributed by atoms with Gasteiger partial charge in [0.15, 0.2) is 5.11 Å². The molecule has 2 unspecified atom stereocenters. The Balaban J connectivity index is 1.50. The Hall–Kier alpha value is -1.50. The lowest BCUT2D eigenvalue weighted by molar-refractivity contribution is -0.123. The molecule has 6 heteroatoms. The molecule has 1 aliphatic carbocycles. The third kappa shape index (κ3) is 2.55. The van der Waals surface area contributed by atoms with Crippen molar-refractivity contribution in [1.82, 2.24) is 15.5 Å². The zero-order valence-electron chi connectivity index (χ0n) is 13.0. The Bertz CT molecular complexity index is 640. The molecule has 122 valence electrons. The van der Waals surface area contributed by atoms with E-state index in [0.717, 1.165) is 32.4 Å². The van der Waals surface area contributed by atoms with Crippen molar-refractivity contribution in [2.75, 3.05) is 6.54 Å². The largest absolute Gasteiger partial charge is 0.339 e. The van der Waals surface area contributed by atoms with E-state index in [2.05, 4.69) is 39.8 Å². The fourth-order valence-electron chi connectivity index (χ4n) is 3.87. The number of carbonyl (C=O) groups is 1. The average Bonchev–Trinajstić information content (AvgIpc) is 3.00. The number of fused-ring (bicyclic) bond motifs is 1. The van der Waals surface area contributed by atoms with E-state index >= 15 is 0 Å². The van der Waals surface area contributed by atoms with Gasteiger partial charge in [0.1, 0.15) is 6.04 Å². The van der Waals surface area contributed by atoms with E-state index in [0.29, 0.717) is 5.11 Å². The molecule has 2 aliphatic heterocycles. The van der Waals surface area contributed by atoms with Crippen LogP contribution in [0.25, 0.3) is 0 Å². The quantitative estimate of drug-likeness (QED) is 0.721. The molecule has 1 aromatic carbocycles. The summed E-state index contributed by atoms with van der Waals surface area (Å²) >= 11 is 5.39. The summed E-state index contributed by atoms with van der Waals surface area (Å²) in [4.78, 5) is 14.1. The van der Waals surface area contributed by atoms with Gasteiger partial charge in [-0.05, 0) is 55.6 Å². The van der Waals surface area contributed by atoms with Gasteiger partial charge in [0.2, 0.25) is 5.91 Å². The zero-order valence-corrected chi connectivity index (χ0v) is 13.9. The summed E-state index contributed by atoms with van der Waals surface area (Å²) in [5, 5.41) is 6.61. The van der Waals surface area contributed by atoms with Crippen molar-refractivity contribution in [3.8, 4) is 0 Å². The van der Waals surface area contributed by atoms with Crippen LogP contribution < -0.4 is 16.4 Å². The number of amides is 1. The molecule has 3 aliphatic rings. The summed E-state index contributed by atoms with van der Waals surface area (Å²) in [6.45, 7) is 1.58. The van der Waals surface area contributed by atoms with Crippen LogP contribution in [0.15, 0.2) is 24.3 Å². The van der Waals surface area contributed by atoms with Crippen molar-refractivity contribution in [2.24, 2.45) is 5.73 Å². The summed E-state index contributed by atoms with van der Waals surface area (Å²) < 4.78 is 0. The van der Waals surface area contributed by atoms with Gasteiger partial charge in [-0.25, -0.2) is 0 Å². The normalized spacial score (nSPS) is 29.0. The number of nitrogens with one attached hydrogen (secondary N) is 2. The van der Waals surface area contributed by atoms with Gasteiger partial charge in [0, 0.05) is 12.1 Å². The Morgan fingerprint density at radius 3 is 2.70 bits per heavy atom. The predicted octanol–water partition coefficient (Wildman–Crippen LogP) is 0.972. The molecule has 5 nitrogen and oxygen atoms in total. The van der Waals surface area contributed by atoms with Crippen molar-refractivity contribution in [2.45, 2.75) is 49.9 Å². The van der Waals surface area contributed by atoms with E-state index in [4.69, 9.17) is 18.0 Å². The Morgan fingerprint density at radius 1 is 1.30 bits per heavy atom. The SMILES string of the molecule is NC1(c2ccc(CN3C(=S)NC(=O)C4NCCC43)cc2)CCC1. The summed E-state index contributed by atoms with van der Waals surface area (Å²) in [5.41, 5.74) is 8.68. The highest BCUT2D eigenvalue weighted by Gasteiger charge is 2.42. The van der Waals surface area contributed by atoms with Crippen molar-refractivity contribution >= 4 is 23.2 Å². The highest BCUT2D eigenvalue weighted by Crippen LogP contribution is 2.38. The standard InChI is InChI=1S/C17H22N4OS/c18-17(7-1-8-17)12-4-2-11(3-5-12)10-21-13-6-9-19-14(13)15(22)20-16(21)23/h2-5,13-14,19H,1,6-10,18H2,(H,20,22,23).